The van der Waals surface area contributed by atoms with E-state index in [1.807, 2.05) is 12.1 Å². The largest absolute Gasteiger partial charge is 0.361 e. The smallest absolute Gasteiger partial charge is 0.258 e. The van der Waals surface area contributed by atoms with Crippen molar-refractivity contribution in [3.63, 3.8) is 0 Å². The van der Waals surface area contributed by atoms with Crippen LogP contribution in [0.5, 0.6) is 0 Å². The van der Waals surface area contributed by atoms with Crippen LogP contribution in [0.2, 0.25) is 0 Å². The quantitative estimate of drug-likeness (QED) is 0.871. The molecule has 0 aromatic heterocycles. The lowest BCUT2D eigenvalue weighted by atomic mass is 10.1. The van der Waals surface area contributed by atoms with Crippen molar-refractivity contribution in [2.24, 2.45) is 4.99 Å². The summed E-state index contributed by atoms with van der Waals surface area (Å²) in [6, 6.07) is 6.93. The van der Waals surface area contributed by atoms with Gasteiger partial charge in [0.1, 0.15) is 5.82 Å². The Labute approximate surface area is 103 Å². The van der Waals surface area contributed by atoms with E-state index in [0.717, 1.165) is 17.2 Å². The van der Waals surface area contributed by atoms with Crippen LogP contribution in [0.4, 0.5) is 4.39 Å². The summed E-state index contributed by atoms with van der Waals surface area (Å²) >= 11 is 1.45. The number of rotatable bonds is 2. The molecule has 3 rings (SSSR count). The molecular formula is C12H11FN2OS. The van der Waals surface area contributed by atoms with Crippen molar-refractivity contribution in [3.8, 4) is 0 Å². The third-order valence-corrected chi connectivity index (χ3v) is 3.83. The van der Waals surface area contributed by atoms with E-state index in [-0.39, 0.29) is 11.7 Å². The van der Waals surface area contributed by atoms with Gasteiger partial charge in [-0.1, -0.05) is 23.9 Å². The minimum atomic E-state index is -0.208. The number of amidine groups is 1. The van der Waals surface area contributed by atoms with Crippen LogP contribution in [0.3, 0.4) is 0 Å². The summed E-state index contributed by atoms with van der Waals surface area (Å²) in [6.45, 7) is 0. The van der Waals surface area contributed by atoms with Crippen molar-refractivity contribution in [2.75, 3.05) is 5.75 Å². The van der Waals surface area contributed by atoms with Crippen molar-refractivity contribution < 1.29 is 9.18 Å². The summed E-state index contributed by atoms with van der Waals surface area (Å²) in [5.74, 6) is 0.572. The van der Waals surface area contributed by atoms with Crippen molar-refractivity contribution >= 4 is 22.8 Å². The third kappa shape index (κ3) is 2.34. The fraction of sp³-hybridized carbons (Fsp3) is 0.333. The number of halogens is 1. The van der Waals surface area contributed by atoms with Crippen molar-refractivity contribution in [3.05, 3.63) is 35.6 Å². The molecular weight excluding hydrogens is 239 g/mol. The zero-order chi connectivity index (χ0) is 11.8. The predicted octanol–water partition coefficient (Wildman–Crippen LogP) is 1.90. The Bertz CT molecular complexity index is 486. The first-order valence-corrected chi connectivity index (χ1v) is 6.47. The van der Waals surface area contributed by atoms with Gasteiger partial charge in [0, 0.05) is 12.0 Å². The normalized spacial score (nSPS) is 26.9. The number of thioether (sulfide) groups is 1. The molecule has 0 saturated heterocycles. The van der Waals surface area contributed by atoms with Gasteiger partial charge in [0.15, 0.2) is 5.17 Å². The van der Waals surface area contributed by atoms with E-state index in [1.54, 1.807) is 0 Å². The first-order chi connectivity index (χ1) is 8.22. The highest BCUT2D eigenvalue weighted by atomic mass is 32.2. The van der Waals surface area contributed by atoms with Gasteiger partial charge in [-0.3, -0.25) is 4.79 Å². The van der Waals surface area contributed by atoms with E-state index in [2.05, 4.69) is 10.3 Å². The minimum absolute atomic E-state index is 0.0727. The second-order valence-corrected chi connectivity index (χ2v) is 5.21. The zero-order valence-electron chi connectivity index (χ0n) is 9.02. The molecule has 1 aromatic carbocycles. The molecule has 88 valence electrons. The van der Waals surface area contributed by atoms with Crippen LogP contribution in [0.15, 0.2) is 29.3 Å². The molecule has 17 heavy (non-hydrogen) atoms. The number of aliphatic imine (C=N–C) groups is 1. The monoisotopic (exact) mass is 250 g/mol. The maximum Gasteiger partial charge on any atom is 0.258 e. The Balaban J connectivity index is 1.61. The van der Waals surface area contributed by atoms with Gasteiger partial charge in [-0.2, -0.15) is 4.99 Å². The van der Waals surface area contributed by atoms with Gasteiger partial charge >= 0.3 is 0 Å². The van der Waals surface area contributed by atoms with Gasteiger partial charge in [0.05, 0.1) is 5.75 Å². The molecule has 1 fully saturated rings. The summed E-state index contributed by atoms with van der Waals surface area (Å²) < 4.78 is 12.8. The number of benzene rings is 1. The molecule has 0 radical (unpaired) electrons. The third-order valence-electron chi connectivity index (χ3n) is 2.96. The van der Waals surface area contributed by atoms with Crippen molar-refractivity contribution in [2.45, 2.75) is 18.4 Å². The fourth-order valence-electron chi connectivity index (χ4n) is 1.97. The van der Waals surface area contributed by atoms with E-state index >= 15 is 0 Å². The van der Waals surface area contributed by atoms with E-state index < -0.39 is 0 Å². The van der Waals surface area contributed by atoms with Crippen LogP contribution in [-0.4, -0.2) is 22.9 Å². The number of nitrogens with one attached hydrogen (secondary N) is 1. The minimum Gasteiger partial charge on any atom is -0.361 e. The van der Waals surface area contributed by atoms with Gasteiger partial charge in [0.25, 0.3) is 5.91 Å². The van der Waals surface area contributed by atoms with Crippen LogP contribution in [-0.2, 0) is 4.79 Å². The standard InChI is InChI=1S/C12H11FN2OS/c13-8-3-1-7(2-4-8)9-5-10(9)14-12-15-11(16)6-17-12/h1-4,9-10H,5-6H2,(H,14,15,16). The Hall–Kier alpha value is -1.36. The summed E-state index contributed by atoms with van der Waals surface area (Å²) in [5, 5.41) is 3.97. The molecule has 1 saturated carbocycles. The Kier molecular flexibility index (Phi) is 2.63. The highest BCUT2D eigenvalue weighted by Crippen LogP contribution is 2.41. The van der Waals surface area contributed by atoms with Crippen LogP contribution >= 0.6 is 11.8 Å². The van der Waals surface area contributed by atoms with E-state index in [0.29, 0.717) is 17.7 Å². The van der Waals surface area contributed by atoms with Gasteiger partial charge < -0.3 is 5.32 Å². The number of carbonyl (C=O) groups is 1. The van der Waals surface area contributed by atoms with Crippen LogP contribution in [0, 0.1) is 5.82 Å². The average Bonchev–Trinajstić information content (AvgIpc) is 2.94. The molecule has 1 aliphatic heterocycles. The lowest BCUT2D eigenvalue weighted by Crippen LogP contribution is -2.22. The van der Waals surface area contributed by atoms with E-state index in [9.17, 15) is 9.18 Å². The molecule has 3 nitrogen and oxygen atoms in total. The lowest BCUT2D eigenvalue weighted by molar-refractivity contribution is -0.115. The van der Waals surface area contributed by atoms with E-state index in [4.69, 9.17) is 0 Å². The summed E-state index contributed by atoms with van der Waals surface area (Å²) in [5.41, 5.74) is 1.14. The summed E-state index contributed by atoms with van der Waals surface area (Å²) in [4.78, 5) is 14.8. The second-order valence-electron chi connectivity index (χ2n) is 4.24. The van der Waals surface area contributed by atoms with Gasteiger partial charge in [-0.05, 0) is 24.1 Å². The Morgan fingerprint density at radius 1 is 1.35 bits per heavy atom. The highest BCUT2D eigenvalue weighted by Gasteiger charge is 2.39. The van der Waals surface area contributed by atoms with Crippen molar-refractivity contribution in [1.82, 2.24) is 5.32 Å². The molecule has 2 atom stereocenters. The molecule has 0 bridgehead atoms. The Morgan fingerprint density at radius 2 is 2.12 bits per heavy atom. The molecule has 0 spiro atoms. The molecule has 1 heterocycles. The number of hydrogen-bond acceptors (Lipinski definition) is 3. The van der Waals surface area contributed by atoms with E-state index in [1.165, 1.54) is 23.9 Å². The number of amides is 1. The molecule has 1 amide bonds. The Morgan fingerprint density at radius 3 is 2.76 bits per heavy atom. The SMILES string of the molecule is O=C1CSC(NC2CC2c2ccc(F)cc2)=N1. The summed E-state index contributed by atoms with van der Waals surface area (Å²) in [7, 11) is 0. The first kappa shape index (κ1) is 10.8. The fourth-order valence-corrected chi connectivity index (χ4v) is 2.70. The molecule has 5 heteroatoms. The molecule has 2 unspecified atom stereocenters. The maximum atomic E-state index is 12.8. The van der Waals surface area contributed by atoms with Crippen LogP contribution in [0.1, 0.15) is 17.9 Å². The van der Waals surface area contributed by atoms with Gasteiger partial charge in [0.2, 0.25) is 0 Å². The topological polar surface area (TPSA) is 41.5 Å². The molecule has 2 aliphatic rings. The number of nitrogens with zero attached hydrogens (tertiary/aromatic N) is 1. The molecule has 1 N–H and O–H groups in total. The van der Waals surface area contributed by atoms with Crippen LogP contribution < -0.4 is 5.32 Å². The van der Waals surface area contributed by atoms with Crippen LogP contribution in [0.25, 0.3) is 0 Å². The average molecular weight is 250 g/mol. The highest BCUT2D eigenvalue weighted by molar-refractivity contribution is 8.14. The number of hydrogen-bond donors (Lipinski definition) is 1. The number of carbonyl (C=O) groups excluding carboxylic acids is 1. The molecule has 1 aromatic rings. The van der Waals surface area contributed by atoms with Gasteiger partial charge in [-0.15, -0.1) is 0 Å². The van der Waals surface area contributed by atoms with Crippen molar-refractivity contribution in [1.29, 1.82) is 0 Å². The lowest BCUT2D eigenvalue weighted by Gasteiger charge is -2.03. The first-order valence-electron chi connectivity index (χ1n) is 5.49. The summed E-state index contributed by atoms with van der Waals surface area (Å²) in [6.07, 6.45) is 1.01. The van der Waals surface area contributed by atoms with Gasteiger partial charge in [-0.25, -0.2) is 4.39 Å². The zero-order valence-corrected chi connectivity index (χ0v) is 9.84. The predicted molar refractivity (Wildman–Crippen MR) is 65.6 cm³/mol. The molecule has 1 aliphatic carbocycles. The maximum absolute atomic E-state index is 12.8. The second kappa shape index (κ2) is 4.14.